The lowest BCUT2D eigenvalue weighted by atomic mass is 9.98. The second kappa shape index (κ2) is 9.19. The predicted octanol–water partition coefficient (Wildman–Crippen LogP) is 2.31. The van der Waals surface area contributed by atoms with Crippen LogP contribution in [-0.2, 0) is 19.1 Å². The lowest BCUT2D eigenvalue weighted by Gasteiger charge is -2.11. The Morgan fingerprint density at radius 1 is 1.06 bits per heavy atom. The number of carbonyl (C=O) groups is 2. The van der Waals surface area contributed by atoms with Gasteiger partial charge in [-0.25, -0.2) is 0 Å². The first-order chi connectivity index (χ1) is 7.65. The third-order valence-electron chi connectivity index (χ3n) is 2.69. The summed E-state index contributed by atoms with van der Waals surface area (Å²) in [6, 6.07) is 0. The number of esters is 2. The van der Waals surface area contributed by atoms with E-state index in [0.29, 0.717) is 6.42 Å². The van der Waals surface area contributed by atoms with Crippen LogP contribution in [0.3, 0.4) is 0 Å². The molecule has 0 aromatic carbocycles. The van der Waals surface area contributed by atoms with Crippen molar-refractivity contribution >= 4 is 11.9 Å². The van der Waals surface area contributed by atoms with Crippen molar-refractivity contribution in [2.75, 3.05) is 14.2 Å². The maximum absolute atomic E-state index is 11.3. The molecule has 0 aliphatic heterocycles. The molecule has 4 nitrogen and oxygen atoms in total. The van der Waals surface area contributed by atoms with E-state index in [1.165, 1.54) is 14.2 Å². The standard InChI is InChI=1S/C12H22O4/c1-4-10(12(14)16-3)8-6-5-7-9-11(13)15-2/h10H,4-9H2,1-3H3. The van der Waals surface area contributed by atoms with Crippen molar-refractivity contribution in [1.29, 1.82) is 0 Å². The minimum Gasteiger partial charge on any atom is -0.469 e. The molecule has 0 aliphatic carbocycles. The Morgan fingerprint density at radius 3 is 2.25 bits per heavy atom. The topological polar surface area (TPSA) is 52.6 Å². The molecule has 0 saturated heterocycles. The number of unbranched alkanes of at least 4 members (excludes halogenated alkanes) is 2. The largest absolute Gasteiger partial charge is 0.469 e. The lowest BCUT2D eigenvalue weighted by molar-refractivity contribution is -0.146. The molecule has 0 N–H and O–H groups in total. The van der Waals surface area contributed by atoms with Gasteiger partial charge in [-0.05, 0) is 19.3 Å². The van der Waals surface area contributed by atoms with E-state index in [4.69, 9.17) is 4.74 Å². The van der Waals surface area contributed by atoms with Crippen LogP contribution in [0.5, 0.6) is 0 Å². The van der Waals surface area contributed by atoms with Gasteiger partial charge in [0, 0.05) is 6.42 Å². The summed E-state index contributed by atoms with van der Waals surface area (Å²) in [6.07, 6.45) is 4.83. The smallest absolute Gasteiger partial charge is 0.308 e. The molecule has 0 aliphatic rings. The Kier molecular flexibility index (Phi) is 8.58. The van der Waals surface area contributed by atoms with E-state index in [1.54, 1.807) is 0 Å². The van der Waals surface area contributed by atoms with Gasteiger partial charge < -0.3 is 9.47 Å². The summed E-state index contributed by atoms with van der Waals surface area (Å²) in [7, 11) is 2.81. The van der Waals surface area contributed by atoms with E-state index < -0.39 is 0 Å². The van der Waals surface area contributed by atoms with Gasteiger partial charge in [0.05, 0.1) is 20.1 Å². The lowest BCUT2D eigenvalue weighted by Crippen LogP contribution is -2.15. The molecule has 0 rings (SSSR count). The van der Waals surface area contributed by atoms with Crippen molar-refractivity contribution < 1.29 is 19.1 Å². The van der Waals surface area contributed by atoms with Gasteiger partial charge in [0.1, 0.15) is 0 Å². The van der Waals surface area contributed by atoms with Crippen molar-refractivity contribution in [2.45, 2.75) is 45.4 Å². The van der Waals surface area contributed by atoms with Crippen LogP contribution in [0, 0.1) is 5.92 Å². The first-order valence-corrected chi connectivity index (χ1v) is 5.80. The number of hydrogen-bond acceptors (Lipinski definition) is 4. The molecule has 0 fully saturated rings. The van der Waals surface area contributed by atoms with E-state index >= 15 is 0 Å². The highest BCUT2D eigenvalue weighted by atomic mass is 16.5. The third-order valence-corrected chi connectivity index (χ3v) is 2.69. The predicted molar refractivity (Wildman–Crippen MR) is 60.9 cm³/mol. The van der Waals surface area contributed by atoms with Crippen LogP contribution in [-0.4, -0.2) is 26.2 Å². The highest BCUT2D eigenvalue weighted by molar-refractivity contribution is 5.72. The molecule has 4 heteroatoms. The van der Waals surface area contributed by atoms with Crippen LogP contribution < -0.4 is 0 Å². The maximum Gasteiger partial charge on any atom is 0.308 e. The average Bonchev–Trinajstić information content (AvgIpc) is 2.32. The van der Waals surface area contributed by atoms with E-state index in [-0.39, 0.29) is 17.9 Å². The Hall–Kier alpha value is -1.06. The molecule has 16 heavy (non-hydrogen) atoms. The van der Waals surface area contributed by atoms with Gasteiger partial charge in [-0.3, -0.25) is 9.59 Å². The monoisotopic (exact) mass is 230 g/mol. The molecule has 1 unspecified atom stereocenters. The van der Waals surface area contributed by atoms with Gasteiger partial charge in [-0.2, -0.15) is 0 Å². The summed E-state index contributed by atoms with van der Waals surface area (Å²) in [4.78, 5) is 22.1. The fourth-order valence-corrected chi connectivity index (χ4v) is 1.59. The third kappa shape index (κ3) is 6.43. The molecule has 0 heterocycles. The fraction of sp³-hybridized carbons (Fsp3) is 0.833. The summed E-state index contributed by atoms with van der Waals surface area (Å²) >= 11 is 0. The molecule has 0 bridgehead atoms. The van der Waals surface area contributed by atoms with Gasteiger partial charge in [0.25, 0.3) is 0 Å². The molecule has 1 atom stereocenters. The summed E-state index contributed by atoms with van der Waals surface area (Å²) in [6.45, 7) is 1.98. The van der Waals surface area contributed by atoms with Crippen LogP contribution >= 0.6 is 0 Å². The van der Waals surface area contributed by atoms with Crippen LogP contribution in [0.2, 0.25) is 0 Å². The van der Waals surface area contributed by atoms with Crippen molar-refractivity contribution in [3.63, 3.8) is 0 Å². The maximum atomic E-state index is 11.3. The zero-order valence-corrected chi connectivity index (χ0v) is 10.5. The van der Waals surface area contributed by atoms with Crippen molar-refractivity contribution in [2.24, 2.45) is 5.92 Å². The number of methoxy groups -OCH3 is 2. The number of rotatable bonds is 8. The summed E-state index contributed by atoms with van der Waals surface area (Å²) in [5, 5.41) is 0. The molecule has 0 amide bonds. The Balaban J connectivity index is 3.56. The highest BCUT2D eigenvalue weighted by Crippen LogP contribution is 2.15. The first kappa shape index (κ1) is 14.9. The molecular weight excluding hydrogens is 208 g/mol. The number of hydrogen-bond donors (Lipinski definition) is 0. The second-order valence-corrected chi connectivity index (χ2v) is 3.80. The summed E-state index contributed by atoms with van der Waals surface area (Å²) in [5.41, 5.74) is 0. The Morgan fingerprint density at radius 2 is 1.75 bits per heavy atom. The SMILES string of the molecule is CCC(CCCCCC(=O)OC)C(=O)OC. The summed E-state index contributed by atoms with van der Waals surface area (Å²) < 4.78 is 9.24. The van der Waals surface area contributed by atoms with Gasteiger partial charge in [-0.1, -0.05) is 19.8 Å². The van der Waals surface area contributed by atoms with Gasteiger partial charge in [0.2, 0.25) is 0 Å². The molecule has 0 spiro atoms. The molecule has 94 valence electrons. The minimum absolute atomic E-state index is 0.00290. The Bertz CT molecular complexity index is 213. The van der Waals surface area contributed by atoms with Crippen LogP contribution in [0.1, 0.15) is 45.4 Å². The van der Waals surface area contributed by atoms with E-state index in [1.807, 2.05) is 6.92 Å². The normalized spacial score (nSPS) is 11.9. The van der Waals surface area contributed by atoms with Crippen LogP contribution in [0.15, 0.2) is 0 Å². The van der Waals surface area contributed by atoms with Crippen molar-refractivity contribution in [3.8, 4) is 0 Å². The number of carbonyl (C=O) groups excluding carboxylic acids is 2. The van der Waals surface area contributed by atoms with Gasteiger partial charge in [0.15, 0.2) is 0 Å². The van der Waals surface area contributed by atoms with Crippen LogP contribution in [0.25, 0.3) is 0 Å². The van der Waals surface area contributed by atoms with Gasteiger partial charge in [-0.15, -0.1) is 0 Å². The van der Waals surface area contributed by atoms with Crippen molar-refractivity contribution in [3.05, 3.63) is 0 Å². The average molecular weight is 230 g/mol. The molecular formula is C12H22O4. The summed E-state index contributed by atoms with van der Waals surface area (Å²) in [5.74, 6) is -0.293. The van der Waals surface area contributed by atoms with E-state index in [2.05, 4.69) is 4.74 Å². The Labute approximate surface area is 97.3 Å². The first-order valence-electron chi connectivity index (χ1n) is 5.80. The zero-order valence-electron chi connectivity index (χ0n) is 10.5. The number of ether oxygens (including phenoxy) is 2. The highest BCUT2D eigenvalue weighted by Gasteiger charge is 2.15. The molecule has 0 radical (unpaired) electrons. The molecule has 0 aromatic heterocycles. The second-order valence-electron chi connectivity index (χ2n) is 3.80. The zero-order chi connectivity index (χ0) is 12.4. The fourth-order valence-electron chi connectivity index (χ4n) is 1.59. The van der Waals surface area contributed by atoms with Crippen molar-refractivity contribution in [1.82, 2.24) is 0 Å². The molecule has 0 aromatic rings. The minimum atomic E-state index is -0.167. The quantitative estimate of drug-likeness (QED) is 0.474. The van der Waals surface area contributed by atoms with Gasteiger partial charge >= 0.3 is 11.9 Å². The van der Waals surface area contributed by atoms with E-state index in [9.17, 15) is 9.59 Å². The molecule has 0 saturated carbocycles. The van der Waals surface area contributed by atoms with E-state index in [0.717, 1.165) is 32.1 Å². The van der Waals surface area contributed by atoms with Crippen LogP contribution in [0.4, 0.5) is 0 Å².